The molecule has 26 heavy (non-hydrogen) atoms. The average molecular weight is 350 g/mol. The van der Waals surface area contributed by atoms with E-state index in [4.69, 9.17) is 4.42 Å². The predicted octanol–water partition coefficient (Wildman–Crippen LogP) is 5.72. The molecule has 1 N–H and O–H groups in total. The van der Waals surface area contributed by atoms with E-state index >= 15 is 0 Å². The number of hydrogen-bond donors (Lipinski definition) is 1. The van der Waals surface area contributed by atoms with E-state index in [2.05, 4.69) is 77.7 Å². The van der Waals surface area contributed by atoms with Crippen molar-refractivity contribution in [2.45, 2.75) is 48.5 Å². The summed E-state index contributed by atoms with van der Waals surface area (Å²) >= 11 is 0. The van der Waals surface area contributed by atoms with Crippen molar-refractivity contribution in [3.63, 3.8) is 0 Å². The second-order valence-electron chi connectivity index (χ2n) is 7.60. The van der Waals surface area contributed by atoms with E-state index in [0.29, 0.717) is 0 Å². The summed E-state index contributed by atoms with van der Waals surface area (Å²) in [5.74, 6) is 0.907. The van der Waals surface area contributed by atoms with Gasteiger partial charge in [0.15, 0.2) is 5.42 Å². The van der Waals surface area contributed by atoms with Crippen molar-refractivity contribution in [1.29, 1.82) is 0 Å². The highest BCUT2D eigenvalue weighted by Crippen LogP contribution is 2.34. The van der Waals surface area contributed by atoms with Gasteiger partial charge in [-0.05, 0) is 50.3 Å². The van der Waals surface area contributed by atoms with Crippen LogP contribution in [0.1, 0.15) is 58.4 Å². The maximum atomic E-state index is 6.41. The van der Waals surface area contributed by atoms with Crippen LogP contribution in [0.5, 0.6) is 0 Å². The van der Waals surface area contributed by atoms with Crippen LogP contribution < -0.4 is 16.0 Å². The van der Waals surface area contributed by atoms with Crippen LogP contribution in [-0.4, -0.2) is 0 Å². The van der Waals surface area contributed by atoms with Crippen molar-refractivity contribution in [3.8, 4) is 0 Å². The summed E-state index contributed by atoms with van der Waals surface area (Å²) in [5, 5.41) is 4.59. The molecule has 0 radical (unpaired) electrons. The molecule has 0 saturated carbocycles. The van der Waals surface area contributed by atoms with E-state index in [1.165, 1.54) is 11.1 Å². The summed E-state index contributed by atoms with van der Waals surface area (Å²) in [6, 6.07) is 8.26. The summed E-state index contributed by atoms with van der Waals surface area (Å²) in [6.07, 6.45) is 6.13. The summed E-state index contributed by atoms with van der Waals surface area (Å²) < 4.78 is 6.41. The molecule has 2 aromatic rings. The number of furan rings is 1. The Balaban J connectivity index is 2.75. The normalized spacial score (nSPS) is 14.4. The lowest BCUT2D eigenvalue weighted by Crippen LogP contribution is -2.26. The summed E-state index contributed by atoms with van der Waals surface area (Å²) in [7, 11) is 0. The van der Waals surface area contributed by atoms with Gasteiger partial charge in [0.2, 0.25) is 0 Å². The summed E-state index contributed by atoms with van der Waals surface area (Å²) in [4.78, 5) is 0. The Labute approximate surface area is 157 Å². The molecule has 0 spiro atoms. The second-order valence-corrected chi connectivity index (χ2v) is 7.60. The SMILES string of the molecule is C=Cc1c(/C(=C\C)C(C)(C)C)oc(=C(/C)Nc2ccccc2C)/c1=C\C. The smallest absolute Gasteiger partial charge is 0.154 e. The minimum atomic E-state index is -0.00992. The molecular formula is C24H31NO. The average Bonchev–Trinajstić information content (AvgIpc) is 2.94. The van der Waals surface area contributed by atoms with Gasteiger partial charge in [0.25, 0.3) is 0 Å². The van der Waals surface area contributed by atoms with Gasteiger partial charge in [-0.25, -0.2) is 0 Å². The Morgan fingerprint density at radius 3 is 2.31 bits per heavy atom. The van der Waals surface area contributed by atoms with Crippen LogP contribution in [0.4, 0.5) is 5.69 Å². The second kappa shape index (κ2) is 7.82. The molecule has 1 aromatic heterocycles. The van der Waals surface area contributed by atoms with E-state index in [0.717, 1.165) is 33.3 Å². The molecule has 0 aliphatic carbocycles. The zero-order valence-corrected chi connectivity index (χ0v) is 17.2. The number of aryl methyl sites for hydroxylation is 1. The van der Waals surface area contributed by atoms with E-state index in [9.17, 15) is 0 Å². The third kappa shape index (κ3) is 3.85. The summed E-state index contributed by atoms with van der Waals surface area (Å²) in [6.45, 7) is 18.9. The Morgan fingerprint density at radius 1 is 1.15 bits per heavy atom. The van der Waals surface area contributed by atoms with Gasteiger partial charge >= 0.3 is 0 Å². The van der Waals surface area contributed by atoms with E-state index in [1.54, 1.807) is 0 Å². The topological polar surface area (TPSA) is 25.2 Å². The van der Waals surface area contributed by atoms with Crippen molar-refractivity contribution >= 4 is 29.1 Å². The van der Waals surface area contributed by atoms with Gasteiger partial charge in [-0.15, -0.1) is 0 Å². The van der Waals surface area contributed by atoms with Crippen LogP contribution in [0.3, 0.4) is 0 Å². The largest absolute Gasteiger partial charge is 0.454 e. The van der Waals surface area contributed by atoms with Gasteiger partial charge in [-0.3, -0.25) is 0 Å². The third-order valence-corrected chi connectivity index (χ3v) is 4.63. The number of hydrogen-bond acceptors (Lipinski definition) is 2. The zero-order valence-electron chi connectivity index (χ0n) is 17.2. The van der Waals surface area contributed by atoms with Gasteiger partial charge in [-0.1, -0.05) is 63.8 Å². The maximum absolute atomic E-state index is 6.41. The molecular weight excluding hydrogens is 318 g/mol. The standard InChI is InChI=1S/C24H31NO/c1-9-18-19(10-2)23(20(11-3)24(6,7)8)26-22(18)17(5)25-21-15-13-12-14-16(21)4/h9-15,25H,2H2,1,3-8H3/b18-9-,20-11+,22-17-. The minimum absolute atomic E-state index is 0.00992. The summed E-state index contributed by atoms with van der Waals surface area (Å²) in [5.41, 5.74) is 6.38. The van der Waals surface area contributed by atoms with Crippen molar-refractivity contribution in [3.05, 3.63) is 64.4 Å². The molecule has 0 aliphatic rings. The van der Waals surface area contributed by atoms with Crippen LogP contribution in [0.15, 0.2) is 41.3 Å². The fourth-order valence-corrected chi connectivity index (χ4v) is 3.30. The van der Waals surface area contributed by atoms with Gasteiger partial charge < -0.3 is 9.73 Å². The molecule has 2 nitrogen and oxygen atoms in total. The zero-order chi connectivity index (χ0) is 19.5. The van der Waals surface area contributed by atoms with Crippen molar-refractivity contribution in [2.24, 2.45) is 5.41 Å². The first-order valence-electron chi connectivity index (χ1n) is 9.16. The molecule has 0 amide bonds. The molecule has 0 unspecified atom stereocenters. The lowest BCUT2D eigenvalue weighted by atomic mass is 9.83. The Morgan fingerprint density at radius 2 is 1.81 bits per heavy atom. The van der Waals surface area contributed by atoms with E-state index in [1.807, 2.05) is 25.1 Å². The fraction of sp³-hybridized carbons (Fsp3) is 0.333. The maximum Gasteiger partial charge on any atom is 0.154 e. The lowest BCUT2D eigenvalue weighted by Gasteiger charge is -2.21. The van der Waals surface area contributed by atoms with Gasteiger partial charge in [-0.2, -0.15) is 0 Å². The van der Waals surface area contributed by atoms with Gasteiger partial charge in [0.05, 0.1) is 5.70 Å². The highest BCUT2D eigenvalue weighted by molar-refractivity contribution is 5.75. The molecule has 0 atom stereocenters. The number of nitrogens with one attached hydrogen (secondary N) is 1. The first-order valence-corrected chi connectivity index (χ1v) is 9.16. The molecule has 138 valence electrons. The minimum Gasteiger partial charge on any atom is -0.454 e. The highest BCUT2D eigenvalue weighted by Gasteiger charge is 2.24. The number of benzene rings is 1. The lowest BCUT2D eigenvalue weighted by molar-refractivity contribution is 0.482. The monoisotopic (exact) mass is 349 g/mol. The van der Waals surface area contributed by atoms with Crippen LogP contribution in [0.25, 0.3) is 23.4 Å². The molecule has 0 bridgehead atoms. The highest BCUT2D eigenvalue weighted by atomic mass is 16.3. The Hall–Kier alpha value is -2.48. The van der Waals surface area contributed by atoms with Gasteiger partial charge in [0, 0.05) is 16.5 Å². The van der Waals surface area contributed by atoms with Crippen LogP contribution in [0, 0.1) is 12.3 Å². The Bertz CT molecular complexity index is 949. The van der Waals surface area contributed by atoms with Crippen molar-refractivity contribution in [2.75, 3.05) is 5.32 Å². The number of para-hydroxylation sites is 1. The molecule has 2 heteroatoms. The van der Waals surface area contributed by atoms with E-state index in [-0.39, 0.29) is 5.41 Å². The number of anilines is 1. The molecule has 0 saturated heterocycles. The quantitative estimate of drug-likeness (QED) is 0.763. The van der Waals surface area contributed by atoms with Crippen molar-refractivity contribution < 1.29 is 4.42 Å². The van der Waals surface area contributed by atoms with Crippen LogP contribution in [0.2, 0.25) is 0 Å². The molecule has 0 aliphatic heterocycles. The predicted molar refractivity (Wildman–Crippen MR) is 115 cm³/mol. The molecule has 2 rings (SSSR count). The van der Waals surface area contributed by atoms with Crippen molar-refractivity contribution in [1.82, 2.24) is 0 Å². The fourth-order valence-electron chi connectivity index (χ4n) is 3.30. The van der Waals surface area contributed by atoms with Gasteiger partial charge in [0.1, 0.15) is 5.76 Å². The molecule has 1 heterocycles. The molecule has 1 aromatic carbocycles. The Kier molecular flexibility index (Phi) is 5.97. The number of rotatable bonds is 4. The molecule has 0 fully saturated rings. The van der Waals surface area contributed by atoms with Crippen LogP contribution in [-0.2, 0) is 0 Å². The first-order chi connectivity index (χ1) is 12.2. The van der Waals surface area contributed by atoms with E-state index < -0.39 is 0 Å². The van der Waals surface area contributed by atoms with Crippen LogP contribution >= 0.6 is 0 Å². The third-order valence-electron chi connectivity index (χ3n) is 4.63. The first kappa shape index (κ1) is 19.8. The number of allylic oxidation sites excluding steroid dienone is 2.